The maximum atomic E-state index is 8.68. The van der Waals surface area contributed by atoms with Crippen molar-refractivity contribution in [3.8, 4) is 5.75 Å². The average molecular weight is 251 g/mol. The van der Waals surface area contributed by atoms with Crippen LogP contribution in [0.4, 0.5) is 5.69 Å². The Balaban J connectivity index is 2.24. The van der Waals surface area contributed by atoms with Crippen molar-refractivity contribution in [3.63, 3.8) is 0 Å². The second kappa shape index (κ2) is 8.81. The third kappa shape index (κ3) is 6.50. The fraction of sp³-hybridized carbons (Fsp3) is 0.600. The van der Waals surface area contributed by atoms with Gasteiger partial charge in [0.1, 0.15) is 5.75 Å². The number of rotatable bonds is 9. The minimum Gasteiger partial charge on any atom is -0.494 e. The Morgan fingerprint density at radius 2 is 1.89 bits per heavy atom. The number of aliphatic hydroxyl groups excluding tert-OH is 1. The molecule has 0 amide bonds. The van der Waals surface area contributed by atoms with Gasteiger partial charge < -0.3 is 15.2 Å². The van der Waals surface area contributed by atoms with E-state index in [-0.39, 0.29) is 6.61 Å². The molecule has 18 heavy (non-hydrogen) atoms. The van der Waals surface area contributed by atoms with E-state index in [0.29, 0.717) is 5.92 Å². The molecule has 0 bridgehead atoms. The normalized spacial score (nSPS) is 10.7. The van der Waals surface area contributed by atoms with Crippen LogP contribution in [0.5, 0.6) is 5.75 Å². The molecule has 0 unspecified atom stereocenters. The van der Waals surface area contributed by atoms with Gasteiger partial charge in [-0.15, -0.1) is 0 Å². The number of nitrogens with one attached hydrogen (secondary N) is 1. The van der Waals surface area contributed by atoms with E-state index >= 15 is 0 Å². The summed E-state index contributed by atoms with van der Waals surface area (Å²) in [6, 6.07) is 8.05. The summed E-state index contributed by atoms with van der Waals surface area (Å²) >= 11 is 0. The molecule has 1 aromatic rings. The van der Waals surface area contributed by atoms with Crippen molar-refractivity contribution in [2.45, 2.75) is 33.1 Å². The minimum absolute atomic E-state index is 0.268. The van der Waals surface area contributed by atoms with Crippen LogP contribution in [-0.4, -0.2) is 24.9 Å². The summed E-state index contributed by atoms with van der Waals surface area (Å²) < 4.78 is 5.65. The average Bonchev–Trinajstić information content (AvgIpc) is 2.36. The first-order chi connectivity index (χ1) is 8.72. The lowest BCUT2D eigenvalue weighted by molar-refractivity contribution is 0.286. The standard InChI is InChI=1S/C15H25NO2/c1-13(2)9-12-18-15-7-5-14(6-8-15)16-10-3-4-11-17/h5-8,13,16-17H,3-4,9-12H2,1-2H3. The zero-order chi connectivity index (χ0) is 13.2. The SMILES string of the molecule is CC(C)CCOc1ccc(NCCCCO)cc1. The molecule has 0 heterocycles. The molecule has 0 radical (unpaired) electrons. The van der Waals surface area contributed by atoms with Crippen molar-refractivity contribution in [2.24, 2.45) is 5.92 Å². The van der Waals surface area contributed by atoms with E-state index in [1.807, 2.05) is 24.3 Å². The third-order valence-electron chi connectivity index (χ3n) is 2.73. The van der Waals surface area contributed by atoms with Gasteiger partial charge in [0, 0.05) is 18.8 Å². The summed E-state index contributed by atoms with van der Waals surface area (Å²) in [4.78, 5) is 0. The second-order valence-electron chi connectivity index (χ2n) is 4.91. The smallest absolute Gasteiger partial charge is 0.119 e. The van der Waals surface area contributed by atoms with E-state index in [1.54, 1.807) is 0 Å². The Morgan fingerprint density at radius 3 is 2.50 bits per heavy atom. The first-order valence-corrected chi connectivity index (χ1v) is 6.80. The van der Waals surface area contributed by atoms with Gasteiger partial charge in [-0.2, -0.15) is 0 Å². The Kier molecular flexibility index (Phi) is 7.26. The summed E-state index contributed by atoms with van der Waals surface area (Å²) in [5, 5.41) is 12.0. The molecule has 0 fully saturated rings. The van der Waals surface area contributed by atoms with Crippen LogP contribution in [0.3, 0.4) is 0 Å². The zero-order valence-electron chi connectivity index (χ0n) is 11.5. The highest BCUT2D eigenvalue weighted by atomic mass is 16.5. The molecular formula is C15H25NO2. The number of aliphatic hydroxyl groups is 1. The fourth-order valence-electron chi connectivity index (χ4n) is 1.55. The van der Waals surface area contributed by atoms with Crippen molar-refractivity contribution >= 4 is 5.69 Å². The summed E-state index contributed by atoms with van der Waals surface area (Å²) in [5.41, 5.74) is 1.10. The Morgan fingerprint density at radius 1 is 1.17 bits per heavy atom. The molecule has 0 saturated heterocycles. The molecule has 1 aromatic carbocycles. The Hall–Kier alpha value is -1.22. The van der Waals surface area contributed by atoms with Gasteiger partial charge in [0.05, 0.1) is 6.61 Å². The number of unbranched alkanes of at least 4 members (excludes halogenated alkanes) is 1. The molecule has 102 valence electrons. The number of hydrogen-bond donors (Lipinski definition) is 2. The molecule has 0 aromatic heterocycles. The Bertz CT molecular complexity index is 309. The van der Waals surface area contributed by atoms with Gasteiger partial charge in [0.15, 0.2) is 0 Å². The fourth-order valence-corrected chi connectivity index (χ4v) is 1.55. The molecule has 3 nitrogen and oxygen atoms in total. The van der Waals surface area contributed by atoms with Crippen LogP contribution in [-0.2, 0) is 0 Å². The van der Waals surface area contributed by atoms with E-state index in [9.17, 15) is 0 Å². The maximum Gasteiger partial charge on any atom is 0.119 e. The molecule has 0 spiro atoms. The quantitative estimate of drug-likeness (QED) is 0.662. The molecule has 0 aliphatic heterocycles. The molecule has 1 rings (SSSR count). The topological polar surface area (TPSA) is 41.5 Å². The highest BCUT2D eigenvalue weighted by Crippen LogP contribution is 2.16. The summed E-state index contributed by atoms with van der Waals surface area (Å²) in [6.07, 6.45) is 2.92. The molecule has 2 N–H and O–H groups in total. The van der Waals surface area contributed by atoms with Crippen LogP contribution in [0.2, 0.25) is 0 Å². The monoisotopic (exact) mass is 251 g/mol. The Labute approximate surface area is 110 Å². The van der Waals surface area contributed by atoms with Crippen molar-refractivity contribution < 1.29 is 9.84 Å². The highest BCUT2D eigenvalue weighted by Gasteiger charge is 1.97. The van der Waals surface area contributed by atoms with E-state index in [1.165, 1.54) is 0 Å². The van der Waals surface area contributed by atoms with Crippen molar-refractivity contribution in [2.75, 3.05) is 25.1 Å². The number of anilines is 1. The lowest BCUT2D eigenvalue weighted by Crippen LogP contribution is -2.03. The first-order valence-electron chi connectivity index (χ1n) is 6.80. The van der Waals surface area contributed by atoms with Crippen LogP contribution < -0.4 is 10.1 Å². The molecule has 0 aliphatic carbocycles. The molecule has 0 aliphatic rings. The number of benzene rings is 1. The van der Waals surface area contributed by atoms with Crippen LogP contribution in [0.15, 0.2) is 24.3 Å². The predicted molar refractivity (Wildman–Crippen MR) is 76.2 cm³/mol. The van der Waals surface area contributed by atoms with Gasteiger partial charge >= 0.3 is 0 Å². The van der Waals surface area contributed by atoms with Crippen LogP contribution in [0, 0.1) is 5.92 Å². The van der Waals surface area contributed by atoms with Gasteiger partial charge in [-0.25, -0.2) is 0 Å². The molecule has 0 atom stereocenters. The van der Waals surface area contributed by atoms with E-state index < -0.39 is 0 Å². The summed E-state index contributed by atoms with van der Waals surface area (Å²) in [7, 11) is 0. The van der Waals surface area contributed by atoms with E-state index in [4.69, 9.17) is 9.84 Å². The van der Waals surface area contributed by atoms with Crippen LogP contribution >= 0.6 is 0 Å². The zero-order valence-corrected chi connectivity index (χ0v) is 11.5. The third-order valence-corrected chi connectivity index (χ3v) is 2.73. The van der Waals surface area contributed by atoms with Crippen LogP contribution in [0.1, 0.15) is 33.1 Å². The van der Waals surface area contributed by atoms with Crippen molar-refractivity contribution in [1.29, 1.82) is 0 Å². The highest BCUT2D eigenvalue weighted by molar-refractivity contribution is 5.46. The van der Waals surface area contributed by atoms with Gasteiger partial charge in [-0.3, -0.25) is 0 Å². The lowest BCUT2D eigenvalue weighted by Gasteiger charge is -2.09. The summed E-state index contributed by atoms with van der Waals surface area (Å²) in [6.45, 7) is 6.34. The number of ether oxygens (including phenoxy) is 1. The van der Waals surface area contributed by atoms with E-state index in [0.717, 1.165) is 43.9 Å². The van der Waals surface area contributed by atoms with Crippen LogP contribution in [0.25, 0.3) is 0 Å². The molecular weight excluding hydrogens is 226 g/mol. The number of hydrogen-bond acceptors (Lipinski definition) is 3. The summed E-state index contributed by atoms with van der Waals surface area (Å²) in [5.74, 6) is 1.61. The van der Waals surface area contributed by atoms with Gasteiger partial charge in [0.25, 0.3) is 0 Å². The molecule has 3 heteroatoms. The van der Waals surface area contributed by atoms with Gasteiger partial charge in [-0.1, -0.05) is 13.8 Å². The van der Waals surface area contributed by atoms with E-state index in [2.05, 4.69) is 19.2 Å². The van der Waals surface area contributed by atoms with Crippen molar-refractivity contribution in [1.82, 2.24) is 0 Å². The minimum atomic E-state index is 0.268. The second-order valence-corrected chi connectivity index (χ2v) is 4.91. The van der Waals surface area contributed by atoms with Gasteiger partial charge in [-0.05, 0) is 49.4 Å². The predicted octanol–water partition coefficient (Wildman–Crippen LogP) is 3.30. The molecule has 0 saturated carbocycles. The lowest BCUT2D eigenvalue weighted by atomic mass is 10.1. The van der Waals surface area contributed by atoms with Crippen molar-refractivity contribution in [3.05, 3.63) is 24.3 Å². The maximum absolute atomic E-state index is 8.68. The largest absolute Gasteiger partial charge is 0.494 e. The first kappa shape index (κ1) is 14.8. The van der Waals surface area contributed by atoms with Gasteiger partial charge in [0.2, 0.25) is 0 Å².